The summed E-state index contributed by atoms with van der Waals surface area (Å²) in [6.07, 6.45) is 8.08. The van der Waals surface area contributed by atoms with Crippen LogP contribution in [0, 0.1) is 0 Å². The molecule has 6 nitrogen and oxygen atoms in total. The first-order valence-electron chi connectivity index (χ1n) is 10.5. The number of amides is 2. The predicted octanol–water partition coefficient (Wildman–Crippen LogP) is 3.09. The van der Waals surface area contributed by atoms with Gasteiger partial charge in [0.05, 0.1) is 6.54 Å². The van der Waals surface area contributed by atoms with Crippen molar-refractivity contribution in [2.24, 2.45) is 7.05 Å². The van der Waals surface area contributed by atoms with E-state index in [-0.39, 0.29) is 24.4 Å². The number of carbonyl (C=O) groups is 2. The highest BCUT2D eigenvalue weighted by atomic mass is 16.5. The predicted molar refractivity (Wildman–Crippen MR) is 118 cm³/mol. The number of carbonyl (C=O) groups excluding carboxylic acids is 2. The molecule has 0 unspecified atom stereocenters. The summed E-state index contributed by atoms with van der Waals surface area (Å²) in [4.78, 5) is 29.5. The fraction of sp³-hybridized carbons (Fsp3) is 0.417. The molecule has 30 heavy (non-hydrogen) atoms. The quantitative estimate of drug-likeness (QED) is 0.423. The van der Waals surface area contributed by atoms with Crippen LogP contribution in [0.5, 0.6) is 0 Å². The zero-order valence-corrected chi connectivity index (χ0v) is 17.9. The highest BCUT2D eigenvalue weighted by Crippen LogP contribution is 2.28. The van der Waals surface area contributed by atoms with Crippen LogP contribution in [0.2, 0.25) is 0 Å². The SMILES string of the molecule is COCCCN(CC(=O)N(Cc1cccn1C)C1CC1)C(=O)/C=C/c1ccccc1. The van der Waals surface area contributed by atoms with E-state index in [4.69, 9.17) is 4.74 Å². The zero-order valence-electron chi connectivity index (χ0n) is 17.9. The highest BCUT2D eigenvalue weighted by Gasteiger charge is 2.33. The highest BCUT2D eigenvalue weighted by molar-refractivity contribution is 5.94. The molecule has 3 rings (SSSR count). The largest absolute Gasteiger partial charge is 0.385 e. The second-order valence-corrected chi connectivity index (χ2v) is 7.71. The van der Waals surface area contributed by atoms with Crippen molar-refractivity contribution in [2.75, 3.05) is 26.8 Å². The molecule has 160 valence electrons. The summed E-state index contributed by atoms with van der Waals surface area (Å²) in [5.41, 5.74) is 2.05. The van der Waals surface area contributed by atoms with Crippen LogP contribution < -0.4 is 0 Å². The van der Waals surface area contributed by atoms with Gasteiger partial charge in [0.15, 0.2) is 0 Å². The lowest BCUT2D eigenvalue weighted by molar-refractivity contribution is -0.139. The second-order valence-electron chi connectivity index (χ2n) is 7.71. The molecule has 1 fully saturated rings. The van der Waals surface area contributed by atoms with Crippen molar-refractivity contribution >= 4 is 17.9 Å². The Morgan fingerprint density at radius 3 is 2.57 bits per heavy atom. The Bertz CT molecular complexity index is 856. The van der Waals surface area contributed by atoms with Crippen LogP contribution in [-0.4, -0.2) is 59.0 Å². The fourth-order valence-corrected chi connectivity index (χ4v) is 3.40. The van der Waals surface area contributed by atoms with Crippen LogP contribution in [-0.2, 0) is 27.9 Å². The Morgan fingerprint density at radius 1 is 1.17 bits per heavy atom. The van der Waals surface area contributed by atoms with E-state index in [2.05, 4.69) is 0 Å². The van der Waals surface area contributed by atoms with E-state index in [9.17, 15) is 9.59 Å². The lowest BCUT2D eigenvalue weighted by Crippen LogP contribution is -2.43. The minimum Gasteiger partial charge on any atom is -0.385 e. The van der Waals surface area contributed by atoms with Crippen molar-refractivity contribution in [3.63, 3.8) is 0 Å². The number of aromatic nitrogens is 1. The standard InChI is InChI=1S/C24H31N3O3/c1-25-15-6-10-22(25)18-27(21-12-13-21)24(29)19-26(16-7-17-30-2)23(28)14-11-20-8-4-3-5-9-20/h3-6,8-11,14-15,21H,7,12-13,16-19H2,1-2H3/b14-11+. The summed E-state index contributed by atoms with van der Waals surface area (Å²) < 4.78 is 7.17. The zero-order chi connectivity index (χ0) is 21.3. The van der Waals surface area contributed by atoms with E-state index in [1.165, 1.54) is 0 Å². The van der Waals surface area contributed by atoms with E-state index in [1.807, 2.05) is 65.2 Å². The van der Waals surface area contributed by atoms with E-state index in [0.717, 1.165) is 24.1 Å². The molecule has 0 N–H and O–H groups in total. The Hall–Kier alpha value is -2.86. The Morgan fingerprint density at radius 2 is 1.93 bits per heavy atom. The van der Waals surface area contributed by atoms with E-state index < -0.39 is 0 Å². The Labute approximate surface area is 178 Å². The van der Waals surface area contributed by atoms with Crippen molar-refractivity contribution in [2.45, 2.75) is 31.8 Å². The molecular weight excluding hydrogens is 378 g/mol. The first-order valence-corrected chi connectivity index (χ1v) is 10.5. The molecule has 0 bridgehead atoms. The molecule has 2 amide bonds. The van der Waals surface area contributed by atoms with Crippen LogP contribution in [0.4, 0.5) is 0 Å². The summed E-state index contributed by atoms with van der Waals surface area (Å²) >= 11 is 0. The Kier molecular flexibility index (Phi) is 7.85. The maximum atomic E-state index is 13.2. The molecule has 1 aliphatic rings. The van der Waals surface area contributed by atoms with Gasteiger partial charge in [-0.05, 0) is 43.0 Å². The summed E-state index contributed by atoms with van der Waals surface area (Å²) in [5, 5.41) is 0. The number of ether oxygens (including phenoxy) is 1. The Balaban J connectivity index is 1.67. The van der Waals surface area contributed by atoms with Gasteiger partial charge in [-0.2, -0.15) is 0 Å². The first-order chi connectivity index (χ1) is 14.6. The molecule has 6 heteroatoms. The molecule has 2 aromatic rings. The molecule has 0 radical (unpaired) electrons. The molecule has 1 heterocycles. The van der Waals surface area contributed by atoms with Crippen molar-refractivity contribution in [3.8, 4) is 0 Å². The van der Waals surface area contributed by atoms with Crippen molar-refractivity contribution in [3.05, 3.63) is 66.0 Å². The third kappa shape index (κ3) is 6.32. The molecule has 0 saturated heterocycles. The van der Waals surface area contributed by atoms with Gasteiger partial charge in [-0.15, -0.1) is 0 Å². The van der Waals surface area contributed by atoms with Crippen molar-refractivity contribution < 1.29 is 14.3 Å². The van der Waals surface area contributed by atoms with Gasteiger partial charge in [-0.1, -0.05) is 30.3 Å². The monoisotopic (exact) mass is 409 g/mol. The van der Waals surface area contributed by atoms with Gasteiger partial charge in [0, 0.05) is 51.3 Å². The summed E-state index contributed by atoms with van der Waals surface area (Å²) in [5.74, 6) is -0.157. The number of methoxy groups -OCH3 is 1. The number of nitrogens with zero attached hydrogens (tertiary/aromatic N) is 3. The fourth-order valence-electron chi connectivity index (χ4n) is 3.40. The maximum Gasteiger partial charge on any atom is 0.247 e. The minimum atomic E-state index is -0.155. The van der Waals surface area contributed by atoms with Gasteiger partial charge in [0.2, 0.25) is 11.8 Å². The average Bonchev–Trinajstić information content (AvgIpc) is 3.52. The van der Waals surface area contributed by atoms with Crippen LogP contribution in [0.1, 0.15) is 30.5 Å². The first kappa shape index (κ1) is 21.8. The normalized spacial score (nSPS) is 13.5. The molecular formula is C24H31N3O3. The van der Waals surface area contributed by atoms with Gasteiger partial charge in [-0.25, -0.2) is 0 Å². The molecule has 0 aliphatic heterocycles. The third-order valence-electron chi connectivity index (χ3n) is 5.32. The lowest BCUT2D eigenvalue weighted by atomic mass is 10.2. The molecule has 1 saturated carbocycles. The second kappa shape index (κ2) is 10.8. The summed E-state index contributed by atoms with van der Waals surface area (Å²) in [7, 11) is 3.63. The maximum absolute atomic E-state index is 13.2. The number of hydrogen-bond acceptors (Lipinski definition) is 3. The lowest BCUT2D eigenvalue weighted by Gasteiger charge is -2.27. The van der Waals surface area contributed by atoms with Crippen LogP contribution in [0.15, 0.2) is 54.7 Å². The van der Waals surface area contributed by atoms with Gasteiger partial charge >= 0.3 is 0 Å². The van der Waals surface area contributed by atoms with Crippen LogP contribution >= 0.6 is 0 Å². The molecule has 0 spiro atoms. The molecule has 1 aromatic carbocycles. The molecule has 1 aromatic heterocycles. The van der Waals surface area contributed by atoms with Crippen LogP contribution in [0.25, 0.3) is 6.08 Å². The summed E-state index contributed by atoms with van der Waals surface area (Å²) in [6, 6.07) is 14.0. The molecule has 1 aliphatic carbocycles. The van der Waals surface area contributed by atoms with E-state index in [1.54, 1.807) is 24.2 Å². The van der Waals surface area contributed by atoms with Gasteiger partial charge in [0.1, 0.15) is 6.54 Å². The third-order valence-corrected chi connectivity index (χ3v) is 5.32. The van der Waals surface area contributed by atoms with Gasteiger partial charge in [0.25, 0.3) is 0 Å². The van der Waals surface area contributed by atoms with E-state index in [0.29, 0.717) is 26.1 Å². The van der Waals surface area contributed by atoms with Crippen LogP contribution in [0.3, 0.4) is 0 Å². The number of benzene rings is 1. The summed E-state index contributed by atoms with van der Waals surface area (Å²) in [6.45, 7) is 1.70. The van der Waals surface area contributed by atoms with Crippen molar-refractivity contribution in [1.29, 1.82) is 0 Å². The van der Waals surface area contributed by atoms with Crippen molar-refractivity contribution in [1.82, 2.24) is 14.4 Å². The van der Waals surface area contributed by atoms with E-state index >= 15 is 0 Å². The average molecular weight is 410 g/mol. The minimum absolute atomic E-state index is 0.00224. The number of aryl methyl sites for hydroxylation is 1. The topological polar surface area (TPSA) is 54.8 Å². The molecule has 0 atom stereocenters. The van der Waals surface area contributed by atoms with Gasteiger partial charge in [-0.3, -0.25) is 9.59 Å². The number of hydrogen-bond donors (Lipinski definition) is 0. The number of rotatable bonds is 11. The van der Waals surface area contributed by atoms with Gasteiger partial charge < -0.3 is 19.1 Å². The smallest absolute Gasteiger partial charge is 0.247 e.